The van der Waals surface area contributed by atoms with Gasteiger partial charge in [0, 0.05) is 12.3 Å². The van der Waals surface area contributed by atoms with Crippen molar-refractivity contribution in [1.82, 2.24) is 5.32 Å². The lowest BCUT2D eigenvalue weighted by atomic mass is 10.0. The van der Waals surface area contributed by atoms with E-state index < -0.39 is 23.8 Å². The molecule has 1 atom stereocenters. The standard InChI is InChI=1S/C15H18F3NO3/c1-9(2)13(20)19-12(14(21)22-3)8-10-4-6-11(7-5-10)15(16,17)18/h4-7,9,12H,8H2,1-3H3,(H,19,20)/t12-/m1/s1. The molecule has 7 heteroatoms. The maximum absolute atomic E-state index is 12.5. The van der Waals surface area contributed by atoms with E-state index in [-0.39, 0.29) is 18.2 Å². The summed E-state index contributed by atoms with van der Waals surface area (Å²) in [6, 6.07) is 3.50. The van der Waals surface area contributed by atoms with E-state index in [1.165, 1.54) is 19.2 Å². The Bertz CT molecular complexity index is 524. The van der Waals surface area contributed by atoms with Gasteiger partial charge in [-0.3, -0.25) is 4.79 Å². The van der Waals surface area contributed by atoms with E-state index in [2.05, 4.69) is 10.1 Å². The third kappa shape index (κ3) is 5.05. The molecule has 0 heterocycles. The van der Waals surface area contributed by atoms with Gasteiger partial charge in [-0.15, -0.1) is 0 Å². The number of carbonyl (C=O) groups excluding carboxylic acids is 2. The van der Waals surface area contributed by atoms with E-state index >= 15 is 0 Å². The lowest BCUT2D eigenvalue weighted by Crippen LogP contribution is -2.44. The maximum Gasteiger partial charge on any atom is 0.416 e. The van der Waals surface area contributed by atoms with E-state index in [9.17, 15) is 22.8 Å². The molecule has 0 aliphatic carbocycles. The second kappa shape index (κ2) is 7.29. The molecule has 122 valence electrons. The molecule has 1 N–H and O–H groups in total. The molecule has 1 rings (SSSR count). The predicted molar refractivity (Wildman–Crippen MR) is 73.9 cm³/mol. The average Bonchev–Trinajstić information content (AvgIpc) is 2.45. The molecule has 22 heavy (non-hydrogen) atoms. The van der Waals surface area contributed by atoms with Crippen molar-refractivity contribution < 1.29 is 27.5 Å². The summed E-state index contributed by atoms with van der Waals surface area (Å²) in [4.78, 5) is 23.4. The molecule has 0 radical (unpaired) electrons. The summed E-state index contributed by atoms with van der Waals surface area (Å²) in [5.41, 5.74) is -0.274. The van der Waals surface area contributed by atoms with Crippen LogP contribution < -0.4 is 5.32 Å². The molecule has 1 aromatic carbocycles. The van der Waals surface area contributed by atoms with Crippen molar-refractivity contribution >= 4 is 11.9 Å². The number of hydrogen-bond donors (Lipinski definition) is 1. The van der Waals surface area contributed by atoms with Gasteiger partial charge in [-0.2, -0.15) is 13.2 Å². The van der Waals surface area contributed by atoms with Crippen LogP contribution >= 0.6 is 0 Å². The van der Waals surface area contributed by atoms with Crippen molar-refractivity contribution in [2.24, 2.45) is 5.92 Å². The highest BCUT2D eigenvalue weighted by atomic mass is 19.4. The number of nitrogens with one attached hydrogen (secondary N) is 1. The molecule has 0 fully saturated rings. The first-order valence-corrected chi connectivity index (χ1v) is 6.69. The van der Waals surface area contributed by atoms with Crippen LogP contribution in [0.5, 0.6) is 0 Å². The molecular formula is C15H18F3NO3. The number of rotatable bonds is 5. The Morgan fingerprint density at radius 3 is 2.14 bits per heavy atom. The Hall–Kier alpha value is -2.05. The van der Waals surface area contributed by atoms with Crippen molar-refractivity contribution in [2.75, 3.05) is 7.11 Å². The third-order valence-electron chi connectivity index (χ3n) is 3.05. The van der Waals surface area contributed by atoms with Crippen molar-refractivity contribution in [2.45, 2.75) is 32.5 Å². The fraction of sp³-hybridized carbons (Fsp3) is 0.467. The summed E-state index contributed by atoms with van der Waals surface area (Å²) in [7, 11) is 1.18. The fourth-order valence-electron chi connectivity index (χ4n) is 1.74. The minimum atomic E-state index is -4.41. The van der Waals surface area contributed by atoms with Crippen LogP contribution in [0.1, 0.15) is 25.0 Å². The molecule has 0 unspecified atom stereocenters. The Morgan fingerprint density at radius 1 is 1.18 bits per heavy atom. The van der Waals surface area contributed by atoms with Gasteiger partial charge in [-0.1, -0.05) is 26.0 Å². The van der Waals surface area contributed by atoms with Crippen LogP contribution in [0.25, 0.3) is 0 Å². The first-order valence-electron chi connectivity index (χ1n) is 6.69. The summed E-state index contributed by atoms with van der Waals surface area (Å²) < 4.78 is 42.1. The molecule has 0 aliphatic heterocycles. The summed E-state index contributed by atoms with van der Waals surface area (Å²) >= 11 is 0. The van der Waals surface area contributed by atoms with Gasteiger partial charge in [0.2, 0.25) is 5.91 Å². The van der Waals surface area contributed by atoms with Crippen LogP contribution in [0.15, 0.2) is 24.3 Å². The average molecular weight is 317 g/mol. The number of carbonyl (C=O) groups is 2. The van der Waals surface area contributed by atoms with E-state index in [4.69, 9.17) is 0 Å². The van der Waals surface area contributed by atoms with E-state index in [1.807, 2.05) is 0 Å². The summed E-state index contributed by atoms with van der Waals surface area (Å²) in [5.74, 6) is -1.30. The molecular weight excluding hydrogens is 299 g/mol. The number of benzene rings is 1. The van der Waals surface area contributed by atoms with Gasteiger partial charge >= 0.3 is 12.1 Å². The highest BCUT2D eigenvalue weighted by Gasteiger charge is 2.30. The number of alkyl halides is 3. The quantitative estimate of drug-likeness (QED) is 0.849. The first kappa shape index (κ1) is 18.0. The molecule has 0 spiro atoms. The number of amides is 1. The Morgan fingerprint density at radius 2 is 1.73 bits per heavy atom. The minimum absolute atomic E-state index is 0.0588. The maximum atomic E-state index is 12.5. The zero-order valence-corrected chi connectivity index (χ0v) is 12.5. The highest BCUT2D eigenvalue weighted by Crippen LogP contribution is 2.29. The fourth-order valence-corrected chi connectivity index (χ4v) is 1.74. The highest BCUT2D eigenvalue weighted by molar-refractivity contribution is 5.85. The summed E-state index contributed by atoms with van der Waals surface area (Å²) in [5, 5.41) is 2.52. The lowest BCUT2D eigenvalue weighted by molar-refractivity contribution is -0.145. The van der Waals surface area contributed by atoms with Crippen molar-refractivity contribution in [1.29, 1.82) is 0 Å². The third-order valence-corrected chi connectivity index (χ3v) is 3.05. The number of methoxy groups -OCH3 is 1. The van der Waals surface area contributed by atoms with Crippen molar-refractivity contribution in [3.63, 3.8) is 0 Å². The Labute approximate surface area is 126 Å². The summed E-state index contributed by atoms with van der Waals surface area (Å²) in [6.45, 7) is 3.34. The van der Waals surface area contributed by atoms with E-state index in [0.717, 1.165) is 12.1 Å². The Balaban J connectivity index is 2.86. The van der Waals surface area contributed by atoms with Gasteiger partial charge in [0.25, 0.3) is 0 Å². The number of esters is 1. The second-order valence-electron chi connectivity index (χ2n) is 5.14. The normalized spacial score (nSPS) is 12.9. The van der Waals surface area contributed by atoms with Gasteiger partial charge in [0.15, 0.2) is 0 Å². The van der Waals surface area contributed by atoms with Crippen molar-refractivity contribution in [3.05, 3.63) is 35.4 Å². The molecule has 0 bridgehead atoms. The molecule has 0 saturated carbocycles. The number of ether oxygens (including phenoxy) is 1. The first-order chi connectivity index (χ1) is 10.1. The number of halogens is 3. The van der Waals surface area contributed by atoms with Crippen LogP contribution in [0.4, 0.5) is 13.2 Å². The zero-order chi connectivity index (χ0) is 16.9. The van der Waals surface area contributed by atoms with Crippen LogP contribution in [-0.2, 0) is 26.9 Å². The van der Waals surface area contributed by atoms with Gasteiger partial charge in [-0.25, -0.2) is 4.79 Å². The molecule has 4 nitrogen and oxygen atoms in total. The smallest absolute Gasteiger partial charge is 0.416 e. The van der Waals surface area contributed by atoms with Crippen LogP contribution in [0.2, 0.25) is 0 Å². The largest absolute Gasteiger partial charge is 0.467 e. The predicted octanol–water partition coefficient (Wildman–Crippen LogP) is 2.56. The lowest BCUT2D eigenvalue weighted by Gasteiger charge is -2.18. The van der Waals surface area contributed by atoms with Gasteiger partial charge in [-0.05, 0) is 17.7 Å². The summed E-state index contributed by atoms with van der Waals surface area (Å²) in [6.07, 6.45) is -4.35. The molecule has 0 saturated heterocycles. The van der Waals surface area contributed by atoms with Crippen molar-refractivity contribution in [3.8, 4) is 0 Å². The minimum Gasteiger partial charge on any atom is -0.467 e. The SMILES string of the molecule is COC(=O)[C@@H](Cc1ccc(C(F)(F)F)cc1)NC(=O)C(C)C. The molecule has 1 amide bonds. The number of hydrogen-bond acceptors (Lipinski definition) is 3. The molecule has 0 aromatic heterocycles. The van der Waals surface area contributed by atoms with Gasteiger partial charge in [0.05, 0.1) is 12.7 Å². The topological polar surface area (TPSA) is 55.4 Å². The van der Waals surface area contributed by atoms with Crippen LogP contribution in [-0.4, -0.2) is 25.0 Å². The molecule has 1 aromatic rings. The molecule has 0 aliphatic rings. The monoisotopic (exact) mass is 317 g/mol. The van der Waals surface area contributed by atoms with Gasteiger partial charge in [0.1, 0.15) is 6.04 Å². The Kier molecular flexibility index (Phi) is 5.96. The van der Waals surface area contributed by atoms with E-state index in [0.29, 0.717) is 5.56 Å². The van der Waals surface area contributed by atoms with Crippen LogP contribution in [0, 0.1) is 5.92 Å². The second-order valence-corrected chi connectivity index (χ2v) is 5.14. The van der Waals surface area contributed by atoms with E-state index in [1.54, 1.807) is 13.8 Å². The zero-order valence-electron chi connectivity index (χ0n) is 12.5. The van der Waals surface area contributed by atoms with Crippen LogP contribution in [0.3, 0.4) is 0 Å². The van der Waals surface area contributed by atoms with Gasteiger partial charge < -0.3 is 10.1 Å².